The predicted molar refractivity (Wildman–Crippen MR) is 130 cm³/mol. The Morgan fingerprint density at radius 3 is 2.73 bits per heavy atom. The normalized spacial score (nSPS) is 21.1. The first-order valence-electron chi connectivity index (χ1n) is 12.1. The van der Waals surface area contributed by atoms with Crippen LogP contribution in [0.5, 0.6) is 5.88 Å². The lowest BCUT2D eigenvalue weighted by Crippen LogP contribution is -2.70. The van der Waals surface area contributed by atoms with Gasteiger partial charge in [0.15, 0.2) is 5.82 Å². The van der Waals surface area contributed by atoms with Gasteiger partial charge in [0.05, 0.1) is 19.2 Å². The number of hydrogen-bond acceptors (Lipinski definition) is 6. The second-order valence-corrected chi connectivity index (χ2v) is 9.85. The summed E-state index contributed by atoms with van der Waals surface area (Å²) in [5.74, 6) is 0.489. The number of carbonyl (C=O) groups is 1. The van der Waals surface area contributed by atoms with Gasteiger partial charge in [0, 0.05) is 36.8 Å². The standard InChI is InChI=1S/C25H26F3N7O2/c1-13-29-21-18(26)8-15(9-19(21)33(13)12-20(27)28)17-4-6-35-22(17)23(37-3)31-24(32-35)30-16-10-25(11-16)5-7-34(25)14(2)36/h4,6,8-9,16,20H,5,7,10-12H2,1-3H3,(H,30,32)/t16-,25+. The summed E-state index contributed by atoms with van der Waals surface area (Å²) in [7, 11) is 1.49. The van der Waals surface area contributed by atoms with Crippen LogP contribution >= 0.6 is 0 Å². The van der Waals surface area contributed by atoms with Crippen molar-refractivity contribution < 1.29 is 22.7 Å². The summed E-state index contributed by atoms with van der Waals surface area (Å²) < 4.78 is 49.8. The molecule has 1 spiro atoms. The van der Waals surface area contributed by atoms with Crippen molar-refractivity contribution in [2.45, 2.75) is 57.7 Å². The van der Waals surface area contributed by atoms with E-state index in [0.29, 0.717) is 39.8 Å². The number of rotatable bonds is 6. The number of aromatic nitrogens is 5. The number of halogens is 3. The molecule has 1 amide bonds. The van der Waals surface area contributed by atoms with Crippen LogP contribution < -0.4 is 10.1 Å². The van der Waals surface area contributed by atoms with E-state index in [0.717, 1.165) is 25.8 Å². The number of ether oxygens (including phenoxy) is 1. The van der Waals surface area contributed by atoms with Crippen LogP contribution in [0, 0.1) is 12.7 Å². The minimum absolute atomic E-state index is 0.0454. The molecule has 1 saturated heterocycles. The molecule has 4 aromatic rings. The van der Waals surface area contributed by atoms with E-state index in [2.05, 4.69) is 20.4 Å². The van der Waals surface area contributed by atoms with Crippen molar-refractivity contribution in [1.82, 2.24) is 29.0 Å². The summed E-state index contributed by atoms with van der Waals surface area (Å²) >= 11 is 0. The summed E-state index contributed by atoms with van der Waals surface area (Å²) in [4.78, 5) is 22.4. The Hall–Kier alpha value is -3.83. The minimum atomic E-state index is -2.60. The summed E-state index contributed by atoms with van der Waals surface area (Å²) in [5.41, 5.74) is 1.89. The van der Waals surface area contributed by atoms with Gasteiger partial charge in [0.1, 0.15) is 16.9 Å². The third-order valence-electron chi connectivity index (χ3n) is 7.64. The van der Waals surface area contributed by atoms with Crippen LogP contribution in [0.3, 0.4) is 0 Å². The first-order chi connectivity index (χ1) is 17.7. The molecule has 3 aromatic heterocycles. The van der Waals surface area contributed by atoms with Crippen molar-refractivity contribution >= 4 is 28.4 Å². The third-order valence-corrected chi connectivity index (χ3v) is 7.64. The molecule has 12 heteroatoms. The summed E-state index contributed by atoms with van der Waals surface area (Å²) in [6, 6.07) is 4.87. The lowest BCUT2D eigenvalue weighted by molar-refractivity contribution is -0.154. The molecular formula is C25H26F3N7O2. The van der Waals surface area contributed by atoms with E-state index in [4.69, 9.17) is 4.74 Å². The van der Waals surface area contributed by atoms with Gasteiger partial charge in [-0.05, 0) is 49.9 Å². The monoisotopic (exact) mass is 513 g/mol. The average Bonchev–Trinajstić information content (AvgIpc) is 3.35. The van der Waals surface area contributed by atoms with E-state index in [1.165, 1.54) is 17.7 Å². The van der Waals surface area contributed by atoms with E-state index in [1.807, 2.05) is 4.90 Å². The van der Waals surface area contributed by atoms with Crippen LogP contribution in [0.4, 0.5) is 19.1 Å². The number of amides is 1. The summed E-state index contributed by atoms with van der Waals surface area (Å²) in [6.07, 6.45) is 1.79. The molecule has 0 atom stereocenters. The molecule has 0 unspecified atom stereocenters. The quantitative estimate of drug-likeness (QED) is 0.419. The van der Waals surface area contributed by atoms with Crippen molar-refractivity contribution in [3.05, 3.63) is 36.0 Å². The van der Waals surface area contributed by atoms with Gasteiger partial charge in [0.2, 0.25) is 17.7 Å². The average molecular weight is 514 g/mol. The fourth-order valence-corrected chi connectivity index (χ4v) is 5.85. The second kappa shape index (κ2) is 8.35. The molecule has 1 aliphatic carbocycles. The Balaban J connectivity index is 1.33. The Kier molecular flexibility index (Phi) is 5.32. The van der Waals surface area contributed by atoms with Gasteiger partial charge < -0.3 is 19.5 Å². The Morgan fingerprint density at radius 2 is 2.08 bits per heavy atom. The lowest BCUT2D eigenvalue weighted by Gasteiger charge is -2.61. The number of nitrogens with zero attached hydrogens (tertiary/aromatic N) is 6. The largest absolute Gasteiger partial charge is 0.479 e. The Morgan fingerprint density at radius 1 is 1.30 bits per heavy atom. The van der Waals surface area contributed by atoms with E-state index in [1.54, 1.807) is 36.7 Å². The number of carbonyl (C=O) groups excluding carboxylic acids is 1. The van der Waals surface area contributed by atoms with E-state index < -0.39 is 18.8 Å². The fraction of sp³-hybridized carbons (Fsp3) is 0.440. The number of nitrogens with one attached hydrogen (secondary N) is 1. The number of anilines is 1. The number of hydrogen-bond donors (Lipinski definition) is 1. The highest BCUT2D eigenvalue weighted by Crippen LogP contribution is 2.48. The molecule has 6 rings (SSSR count). The van der Waals surface area contributed by atoms with Crippen LogP contribution in [0.1, 0.15) is 32.0 Å². The topological polar surface area (TPSA) is 89.6 Å². The molecule has 37 heavy (non-hydrogen) atoms. The number of alkyl halides is 2. The highest BCUT2D eigenvalue weighted by molar-refractivity contribution is 5.90. The van der Waals surface area contributed by atoms with E-state index in [9.17, 15) is 13.6 Å². The molecule has 2 aliphatic rings. The summed E-state index contributed by atoms with van der Waals surface area (Å²) in [6.45, 7) is 3.41. The smallest absolute Gasteiger partial charge is 0.256 e. The summed E-state index contributed by atoms with van der Waals surface area (Å²) in [5, 5.41) is 7.90. The SMILES string of the molecule is COc1nc(N[C@H]2C[C@]3(CCN3C(C)=O)C2)nn2ccc(-c3cc(F)c4nc(C)n(CC(F)F)c4c3)c12. The molecule has 1 aliphatic heterocycles. The van der Waals surface area contributed by atoms with Crippen molar-refractivity contribution in [3.63, 3.8) is 0 Å². The number of imidazole rings is 1. The molecule has 4 heterocycles. The van der Waals surface area contributed by atoms with Crippen LogP contribution in [0.25, 0.3) is 27.7 Å². The van der Waals surface area contributed by atoms with Crippen LogP contribution in [0.2, 0.25) is 0 Å². The van der Waals surface area contributed by atoms with E-state index in [-0.39, 0.29) is 23.0 Å². The molecule has 194 valence electrons. The van der Waals surface area contributed by atoms with Gasteiger partial charge in [0.25, 0.3) is 6.43 Å². The zero-order valence-corrected chi connectivity index (χ0v) is 20.6. The van der Waals surface area contributed by atoms with Crippen molar-refractivity contribution in [2.24, 2.45) is 0 Å². The number of aryl methyl sites for hydroxylation is 1. The van der Waals surface area contributed by atoms with Crippen molar-refractivity contribution in [2.75, 3.05) is 19.0 Å². The van der Waals surface area contributed by atoms with Gasteiger partial charge >= 0.3 is 0 Å². The molecule has 0 bridgehead atoms. The Bertz CT molecular complexity index is 1540. The van der Waals surface area contributed by atoms with Crippen molar-refractivity contribution in [1.29, 1.82) is 0 Å². The molecule has 9 nitrogen and oxygen atoms in total. The fourth-order valence-electron chi connectivity index (χ4n) is 5.85. The zero-order valence-electron chi connectivity index (χ0n) is 20.6. The zero-order chi connectivity index (χ0) is 26.1. The molecule has 1 N–H and O–H groups in total. The molecular weight excluding hydrogens is 487 g/mol. The third kappa shape index (κ3) is 3.68. The number of benzene rings is 1. The first kappa shape index (κ1) is 23.6. The molecule has 1 saturated carbocycles. The molecule has 0 radical (unpaired) electrons. The maximum absolute atomic E-state index is 15.0. The molecule has 2 fully saturated rings. The maximum atomic E-state index is 15.0. The predicted octanol–water partition coefficient (Wildman–Crippen LogP) is 4.03. The highest BCUT2D eigenvalue weighted by Gasteiger charge is 2.55. The maximum Gasteiger partial charge on any atom is 0.256 e. The van der Waals surface area contributed by atoms with Crippen LogP contribution in [0.15, 0.2) is 24.4 Å². The second-order valence-electron chi connectivity index (χ2n) is 9.85. The van der Waals surface area contributed by atoms with Gasteiger partial charge in [-0.15, -0.1) is 5.10 Å². The lowest BCUT2D eigenvalue weighted by atomic mass is 9.64. The Labute approximate surface area is 210 Å². The first-order valence-corrected chi connectivity index (χ1v) is 12.1. The molecule has 1 aromatic carbocycles. The highest BCUT2D eigenvalue weighted by atomic mass is 19.3. The number of methoxy groups -OCH3 is 1. The number of likely N-dealkylation sites (tertiary alicyclic amines) is 1. The van der Waals surface area contributed by atoms with Gasteiger partial charge in [-0.3, -0.25) is 4.79 Å². The van der Waals surface area contributed by atoms with E-state index >= 15 is 4.39 Å². The number of fused-ring (bicyclic) bond motifs is 2. The van der Waals surface area contributed by atoms with Crippen LogP contribution in [-0.2, 0) is 11.3 Å². The van der Waals surface area contributed by atoms with Gasteiger partial charge in [-0.2, -0.15) is 4.98 Å². The minimum Gasteiger partial charge on any atom is -0.479 e. The van der Waals surface area contributed by atoms with Crippen LogP contribution in [-0.4, -0.2) is 66.6 Å². The van der Waals surface area contributed by atoms with Crippen molar-refractivity contribution in [3.8, 4) is 17.0 Å². The van der Waals surface area contributed by atoms with Gasteiger partial charge in [-0.1, -0.05) is 0 Å². The van der Waals surface area contributed by atoms with Gasteiger partial charge in [-0.25, -0.2) is 22.7 Å².